The van der Waals surface area contributed by atoms with Gasteiger partial charge in [-0.2, -0.15) is 5.26 Å². The van der Waals surface area contributed by atoms with Gasteiger partial charge in [0.1, 0.15) is 17.4 Å². The van der Waals surface area contributed by atoms with E-state index in [0.717, 1.165) is 5.56 Å². The van der Waals surface area contributed by atoms with Crippen molar-refractivity contribution in [3.63, 3.8) is 0 Å². The Morgan fingerprint density at radius 1 is 1.00 bits per heavy atom. The van der Waals surface area contributed by atoms with Gasteiger partial charge < -0.3 is 15.4 Å². The molecule has 1 atom stereocenters. The van der Waals surface area contributed by atoms with E-state index in [1.165, 1.54) is 6.08 Å². The Hall–Kier alpha value is -4.37. The SMILES string of the molecule is COc1ccc(C(=O)Nc2cccc(/C=C(\C#N)C(=O)NC(C)c3ccccc3)c2)cc1. The van der Waals surface area contributed by atoms with Crippen LogP contribution in [-0.2, 0) is 4.79 Å². The number of nitrogens with one attached hydrogen (secondary N) is 2. The van der Waals surface area contributed by atoms with Crippen molar-refractivity contribution in [3.05, 3.63) is 101 Å². The van der Waals surface area contributed by atoms with E-state index in [1.807, 2.05) is 43.3 Å². The molecule has 0 fully saturated rings. The molecule has 2 N–H and O–H groups in total. The van der Waals surface area contributed by atoms with Crippen molar-refractivity contribution < 1.29 is 14.3 Å². The molecule has 0 bridgehead atoms. The smallest absolute Gasteiger partial charge is 0.262 e. The Labute approximate surface area is 187 Å². The fourth-order valence-corrected chi connectivity index (χ4v) is 3.07. The van der Waals surface area contributed by atoms with Crippen LogP contribution < -0.4 is 15.4 Å². The minimum absolute atomic E-state index is 0.0218. The third-order valence-corrected chi connectivity index (χ3v) is 4.82. The number of anilines is 1. The zero-order valence-electron chi connectivity index (χ0n) is 17.8. The highest BCUT2D eigenvalue weighted by molar-refractivity contribution is 6.05. The van der Waals surface area contributed by atoms with E-state index in [9.17, 15) is 14.9 Å². The molecule has 0 spiro atoms. The van der Waals surface area contributed by atoms with Crippen molar-refractivity contribution >= 4 is 23.6 Å². The fourth-order valence-electron chi connectivity index (χ4n) is 3.07. The second-order valence-corrected chi connectivity index (χ2v) is 7.08. The van der Waals surface area contributed by atoms with Crippen molar-refractivity contribution in [1.29, 1.82) is 5.26 Å². The first-order chi connectivity index (χ1) is 15.5. The van der Waals surface area contributed by atoms with Gasteiger partial charge in [-0.25, -0.2) is 0 Å². The zero-order valence-corrected chi connectivity index (χ0v) is 17.8. The van der Waals surface area contributed by atoms with Gasteiger partial charge in [0.2, 0.25) is 0 Å². The summed E-state index contributed by atoms with van der Waals surface area (Å²) in [6.45, 7) is 1.86. The van der Waals surface area contributed by atoms with Crippen LogP contribution in [0.15, 0.2) is 84.4 Å². The van der Waals surface area contributed by atoms with E-state index in [-0.39, 0.29) is 17.5 Å². The molecule has 3 rings (SSSR count). The van der Waals surface area contributed by atoms with Crippen molar-refractivity contribution in [2.75, 3.05) is 12.4 Å². The summed E-state index contributed by atoms with van der Waals surface area (Å²) in [6.07, 6.45) is 1.50. The lowest BCUT2D eigenvalue weighted by Gasteiger charge is -2.13. The Balaban J connectivity index is 1.71. The van der Waals surface area contributed by atoms with E-state index in [0.29, 0.717) is 22.6 Å². The summed E-state index contributed by atoms with van der Waals surface area (Å²) in [5, 5.41) is 15.1. The normalized spacial score (nSPS) is 11.7. The summed E-state index contributed by atoms with van der Waals surface area (Å²) in [5.41, 5.74) is 2.58. The molecule has 0 aliphatic rings. The molecule has 0 aliphatic carbocycles. The molecular weight excluding hydrogens is 402 g/mol. The predicted molar refractivity (Wildman–Crippen MR) is 124 cm³/mol. The number of hydrogen-bond acceptors (Lipinski definition) is 4. The molecule has 0 radical (unpaired) electrons. The van der Waals surface area contributed by atoms with Gasteiger partial charge in [-0.15, -0.1) is 0 Å². The molecule has 0 aliphatic heterocycles. The van der Waals surface area contributed by atoms with E-state index < -0.39 is 5.91 Å². The highest BCUT2D eigenvalue weighted by Crippen LogP contribution is 2.18. The Morgan fingerprint density at radius 3 is 2.38 bits per heavy atom. The standard InChI is InChI=1S/C26H23N3O3/c1-18(20-8-4-3-5-9-20)28-26(31)22(17-27)15-19-7-6-10-23(16-19)29-25(30)21-11-13-24(32-2)14-12-21/h3-16,18H,1-2H3,(H,28,31)(H,29,30)/b22-15+. The second kappa shape index (κ2) is 10.6. The van der Waals surface area contributed by atoms with Crippen LogP contribution in [0, 0.1) is 11.3 Å². The van der Waals surface area contributed by atoms with Gasteiger partial charge in [-0.1, -0.05) is 42.5 Å². The number of rotatable bonds is 7. The Bertz CT molecular complexity index is 1160. The average Bonchev–Trinajstić information content (AvgIpc) is 2.83. The minimum atomic E-state index is -0.462. The quantitative estimate of drug-likeness (QED) is 0.423. The Kier molecular flexibility index (Phi) is 7.39. The molecule has 0 aromatic heterocycles. The molecule has 6 heteroatoms. The number of carbonyl (C=O) groups excluding carboxylic acids is 2. The molecule has 160 valence electrons. The first kappa shape index (κ1) is 22.3. The van der Waals surface area contributed by atoms with Crippen LogP contribution in [0.4, 0.5) is 5.69 Å². The number of hydrogen-bond donors (Lipinski definition) is 2. The first-order valence-corrected chi connectivity index (χ1v) is 10.0. The summed E-state index contributed by atoms with van der Waals surface area (Å²) in [5.74, 6) is -0.0715. The number of nitrogens with zero attached hydrogens (tertiary/aromatic N) is 1. The van der Waals surface area contributed by atoms with Gasteiger partial charge in [-0.3, -0.25) is 9.59 Å². The van der Waals surface area contributed by atoms with Gasteiger partial charge in [0.05, 0.1) is 13.2 Å². The predicted octanol–water partition coefficient (Wildman–Crippen LogP) is 4.73. The van der Waals surface area contributed by atoms with Crippen molar-refractivity contribution in [2.45, 2.75) is 13.0 Å². The lowest BCUT2D eigenvalue weighted by atomic mass is 10.1. The van der Waals surface area contributed by atoms with Crippen LogP contribution in [0.3, 0.4) is 0 Å². The first-order valence-electron chi connectivity index (χ1n) is 10.0. The summed E-state index contributed by atoms with van der Waals surface area (Å²) >= 11 is 0. The Morgan fingerprint density at radius 2 is 1.72 bits per heavy atom. The minimum Gasteiger partial charge on any atom is -0.497 e. The summed E-state index contributed by atoms with van der Waals surface area (Å²) in [4.78, 5) is 25.1. The number of carbonyl (C=O) groups is 2. The molecule has 3 aromatic carbocycles. The van der Waals surface area contributed by atoms with Crippen LogP contribution in [0.25, 0.3) is 6.08 Å². The molecule has 3 aromatic rings. The van der Waals surface area contributed by atoms with Crippen LogP contribution in [0.1, 0.15) is 34.5 Å². The van der Waals surface area contributed by atoms with Crippen LogP contribution in [-0.4, -0.2) is 18.9 Å². The van der Waals surface area contributed by atoms with Crippen molar-refractivity contribution in [1.82, 2.24) is 5.32 Å². The average molecular weight is 425 g/mol. The van der Waals surface area contributed by atoms with E-state index >= 15 is 0 Å². The summed E-state index contributed by atoms with van der Waals surface area (Å²) in [6, 6.07) is 24.9. The maximum Gasteiger partial charge on any atom is 0.262 e. The van der Waals surface area contributed by atoms with Gasteiger partial charge in [0.25, 0.3) is 11.8 Å². The molecular formula is C26H23N3O3. The number of benzene rings is 3. The number of amides is 2. The van der Waals surface area contributed by atoms with E-state index in [4.69, 9.17) is 4.74 Å². The second-order valence-electron chi connectivity index (χ2n) is 7.08. The molecule has 32 heavy (non-hydrogen) atoms. The maximum absolute atomic E-state index is 12.6. The van der Waals surface area contributed by atoms with Crippen LogP contribution in [0.2, 0.25) is 0 Å². The monoisotopic (exact) mass is 425 g/mol. The van der Waals surface area contributed by atoms with Crippen molar-refractivity contribution in [3.8, 4) is 11.8 Å². The fraction of sp³-hybridized carbons (Fsp3) is 0.115. The molecule has 0 saturated carbocycles. The lowest BCUT2D eigenvalue weighted by molar-refractivity contribution is -0.117. The largest absolute Gasteiger partial charge is 0.497 e. The molecule has 0 heterocycles. The van der Waals surface area contributed by atoms with E-state index in [2.05, 4.69) is 10.6 Å². The van der Waals surface area contributed by atoms with E-state index in [1.54, 1.807) is 55.6 Å². The maximum atomic E-state index is 12.6. The molecule has 1 unspecified atom stereocenters. The third-order valence-electron chi connectivity index (χ3n) is 4.82. The molecule has 0 saturated heterocycles. The number of ether oxygens (including phenoxy) is 1. The summed E-state index contributed by atoms with van der Waals surface area (Å²) < 4.78 is 5.10. The van der Waals surface area contributed by atoms with Gasteiger partial charge >= 0.3 is 0 Å². The van der Waals surface area contributed by atoms with Crippen LogP contribution >= 0.6 is 0 Å². The summed E-state index contributed by atoms with van der Waals surface area (Å²) in [7, 11) is 1.56. The zero-order chi connectivity index (χ0) is 22.9. The van der Waals surface area contributed by atoms with Crippen molar-refractivity contribution in [2.24, 2.45) is 0 Å². The third kappa shape index (κ3) is 5.83. The molecule has 6 nitrogen and oxygen atoms in total. The number of nitriles is 1. The topological polar surface area (TPSA) is 91.2 Å². The highest BCUT2D eigenvalue weighted by atomic mass is 16.5. The van der Waals surface area contributed by atoms with Gasteiger partial charge in [-0.05, 0) is 60.5 Å². The lowest BCUT2D eigenvalue weighted by Crippen LogP contribution is -2.27. The highest BCUT2D eigenvalue weighted by Gasteiger charge is 2.14. The van der Waals surface area contributed by atoms with Gasteiger partial charge in [0.15, 0.2) is 0 Å². The van der Waals surface area contributed by atoms with Gasteiger partial charge in [0, 0.05) is 11.3 Å². The molecule has 2 amide bonds. The van der Waals surface area contributed by atoms with Crippen LogP contribution in [0.5, 0.6) is 5.75 Å². The number of methoxy groups -OCH3 is 1.